The van der Waals surface area contributed by atoms with Crippen LogP contribution in [0.15, 0.2) is 29.1 Å². The molecule has 0 unspecified atom stereocenters. The highest BCUT2D eigenvalue weighted by Crippen LogP contribution is 2.13. The average Bonchev–Trinajstić information content (AvgIpc) is 2.55. The number of piperazine rings is 1. The third-order valence-corrected chi connectivity index (χ3v) is 3.85. The van der Waals surface area contributed by atoms with Gasteiger partial charge in [-0.1, -0.05) is 12.1 Å². The summed E-state index contributed by atoms with van der Waals surface area (Å²) in [5.41, 5.74) is 0.566. The fourth-order valence-corrected chi connectivity index (χ4v) is 2.59. The number of ether oxygens (including phenoxy) is 1. The number of carbonyl (C=O) groups is 1. The first kappa shape index (κ1) is 14.5. The van der Waals surface area contributed by atoms with Crippen molar-refractivity contribution in [3.05, 3.63) is 34.6 Å². The van der Waals surface area contributed by atoms with Gasteiger partial charge in [0.2, 0.25) is 5.95 Å². The van der Waals surface area contributed by atoms with E-state index in [-0.39, 0.29) is 11.5 Å². The van der Waals surface area contributed by atoms with Crippen LogP contribution in [0.2, 0.25) is 0 Å². The Morgan fingerprint density at radius 2 is 2.00 bits per heavy atom. The Kier molecular flexibility index (Phi) is 4.06. The molecule has 1 fully saturated rings. The van der Waals surface area contributed by atoms with Crippen LogP contribution in [-0.4, -0.2) is 60.7 Å². The molecule has 0 amide bonds. The number of benzene rings is 1. The predicted molar refractivity (Wildman–Crippen MR) is 83.0 cm³/mol. The Morgan fingerprint density at radius 3 is 2.73 bits per heavy atom. The summed E-state index contributed by atoms with van der Waals surface area (Å²) in [6, 6.07) is 7.29. The summed E-state index contributed by atoms with van der Waals surface area (Å²) >= 11 is 0. The van der Waals surface area contributed by atoms with Crippen LogP contribution in [0.4, 0.5) is 5.95 Å². The molecule has 0 bridgehead atoms. The highest BCUT2D eigenvalue weighted by molar-refractivity contribution is 5.78. The zero-order valence-electron chi connectivity index (χ0n) is 12.4. The molecule has 1 N–H and O–H groups in total. The van der Waals surface area contributed by atoms with Crippen LogP contribution in [0, 0.1) is 0 Å². The van der Waals surface area contributed by atoms with Crippen molar-refractivity contribution in [1.82, 2.24) is 14.9 Å². The maximum atomic E-state index is 12.1. The van der Waals surface area contributed by atoms with Crippen molar-refractivity contribution in [1.29, 1.82) is 0 Å². The van der Waals surface area contributed by atoms with Gasteiger partial charge >= 0.3 is 5.97 Å². The van der Waals surface area contributed by atoms with Crippen LogP contribution in [0.5, 0.6) is 0 Å². The van der Waals surface area contributed by atoms with Gasteiger partial charge in [0, 0.05) is 26.2 Å². The highest BCUT2D eigenvalue weighted by atomic mass is 16.5. The minimum atomic E-state index is -0.231. The van der Waals surface area contributed by atoms with Gasteiger partial charge in [0.1, 0.15) is 0 Å². The van der Waals surface area contributed by atoms with E-state index < -0.39 is 0 Å². The Balaban J connectivity index is 1.74. The van der Waals surface area contributed by atoms with Crippen LogP contribution in [0.25, 0.3) is 10.9 Å². The first-order chi connectivity index (χ1) is 10.7. The van der Waals surface area contributed by atoms with E-state index in [2.05, 4.69) is 14.7 Å². The van der Waals surface area contributed by atoms with Crippen molar-refractivity contribution >= 4 is 22.8 Å². The number of nitrogens with one attached hydrogen (secondary N) is 1. The lowest BCUT2D eigenvalue weighted by atomic mass is 10.2. The van der Waals surface area contributed by atoms with E-state index in [1.165, 1.54) is 7.11 Å². The number of carbonyl (C=O) groups excluding carboxylic acids is 1. The van der Waals surface area contributed by atoms with Crippen molar-refractivity contribution < 1.29 is 9.53 Å². The van der Waals surface area contributed by atoms with E-state index in [1.54, 1.807) is 6.07 Å². The van der Waals surface area contributed by atoms with Crippen LogP contribution >= 0.6 is 0 Å². The third kappa shape index (κ3) is 2.94. The SMILES string of the molecule is COC(=O)CN1CCN(c2nc3ccccc3c(=O)[nH]2)CC1. The van der Waals surface area contributed by atoms with Crippen molar-refractivity contribution in [3.8, 4) is 0 Å². The normalized spacial score (nSPS) is 16.0. The monoisotopic (exact) mass is 302 g/mol. The molecule has 1 aromatic carbocycles. The van der Waals surface area contributed by atoms with E-state index >= 15 is 0 Å². The quantitative estimate of drug-likeness (QED) is 0.817. The summed E-state index contributed by atoms with van der Waals surface area (Å²) in [5.74, 6) is 0.354. The predicted octanol–water partition coefficient (Wildman–Crippen LogP) is 0.218. The molecule has 22 heavy (non-hydrogen) atoms. The molecular weight excluding hydrogens is 284 g/mol. The molecule has 0 atom stereocenters. The molecule has 2 heterocycles. The lowest BCUT2D eigenvalue weighted by Crippen LogP contribution is -2.48. The van der Waals surface area contributed by atoms with Crippen LogP contribution < -0.4 is 10.5 Å². The van der Waals surface area contributed by atoms with Crippen LogP contribution in [0.3, 0.4) is 0 Å². The molecule has 0 radical (unpaired) electrons. The number of aromatic amines is 1. The summed E-state index contributed by atoms with van der Waals surface area (Å²) in [7, 11) is 1.39. The Labute approximate surface area is 127 Å². The van der Waals surface area contributed by atoms with Gasteiger partial charge in [-0.2, -0.15) is 0 Å². The maximum Gasteiger partial charge on any atom is 0.319 e. The van der Waals surface area contributed by atoms with Gasteiger partial charge in [0.25, 0.3) is 5.56 Å². The Bertz CT molecular complexity index is 735. The summed E-state index contributed by atoms with van der Waals surface area (Å²) in [5, 5.41) is 0.593. The van der Waals surface area contributed by atoms with E-state index in [1.807, 2.05) is 28.0 Å². The fraction of sp³-hybridized carbons (Fsp3) is 0.400. The second-order valence-electron chi connectivity index (χ2n) is 5.25. The van der Waals surface area contributed by atoms with E-state index in [9.17, 15) is 9.59 Å². The minimum Gasteiger partial charge on any atom is -0.468 e. The van der Waals surface area contributed by atoms with Gasteiger partial charge < -0.3 is 9.64 Å². The lowest BCUT2D eigenvalue weighted by Gasteiger charge is -2.34. The van der Waals surface area contributed by atoms with E-state index in [0.29, 0.717) is 36.5 Å². The number of para-hydroxylation sites is 1. The largest absolute Gasteiger partial charge is 0.468 e. The van der Waals surface area contributed by atoms with Crippen molar-refractivity contribution in [2.45, 2.75) is 0 Å². The number of rotatable bonds is 3. The number of methoxy groups -OCH3 is 1. The summed E-state index contributed by atoms with van der Waals surface area (Å²) in [6.07, 6.45) is 0. The van der Waals surface area contributed by atoms with Crippen molar-refractivity contribution in [2.75, 3.05) is 44.7 Å². The van der Waals surface area contributed by atoms with Gasteiger partial charge in [0.15, 0.2) is 0 Å². The summed E-state index contributed by atoms with van der Waals surface area (Å²) < 4.78 is 4.67. The third-order valence-electron chi connectivity index (χ3n) is 3.85. The summed E-state index contributed by atoms with van der Waals surface area (Å²) in [6.45, 7) is 3.17. The molecule has 1 saturated heterocycles. The molecule has 7 nitrogen and oxygen atoms in total. The van der Waals surface area contributed by atoms with Gasteiger partial charge in [-0.3, -0.25) is 19.5 Å². The lowest BCUT2D eigenvalue weighted by molar-refractivity contribution is -0.142. The molecule has 1 aromatic heterocycles. The zero-order valence-corrected chi connectivity index (χ0v) is 12.4. The topological polar surface area (TPSA) is 78.5 Å². The van der Waals surface area contributed by atoms with E-state index in [0.717, 1.165) is 13.1 Å². The molecule has 7 heteroatoms. The Morgan fingerprint density at radius 1 is 1.27 bits per heavy atom. The summed E-state index contributed by atoms with van der Waals surface area (Å²) in [4.78, 5) is 34.8. The van der Waals surface area contributed by atoms with Gasteiger partial charge in [-0.05, 0) is 12.1 Å². The molecule has 0 spiro atoms. The van der Waals surface area contributed by atoms with Gasteiger partial charge in [-0.15, -0.1) is 0 Å². The number of aromatic nitrogens is 2. The smallest absolute Gasteiger partial charge is 0.319 e. The number of hydrogen-bond donors (Lipinski definition) is 1. The van der Waals surface area contributed by atoms with Gasteiger partial charge in [-0.25, -0.2) is 4.98 Å². The molecule has 3 rings (SSSR count). The molecule has 1 aliphatic rings. The number of anilines is 1. The molecule has 0 aliphatic carbocycles. The van der Waals surface area contributed by atoms with E-state index in [4.69, 9.17) is 0 Å². The fourth-order valence-electron chi connectivity index (χ4n) is 2.59. The molecular formula is C15H18N4O3. The van der Waals surface area contributed by atoms with Crippen molar-refractivity contribution in [2.24, 2.45) is 0 Å². The standard InChI is InChI=1S/C15H18N4O3/c1-22-13(20)10-18-6-8-19(9-7-18)15-16-12-5-3-2-4-11(12)14(21)17-15/h2-5H,6-10H2,1H3,(H,16,17,21). The molecule has 0 saturated carbocycles. The molecule has 2 aromatic rings. The number of fused-ring (bicyclic) bond motifs is 1. The second kappa shape index (κ2) is 6.15. The first-order valence-corrected chi connectivity index (χ1v) is 7.20. The van der Waals surface area contributed by atoms with Crippen LogP contribution in [-0.2, 0) is 9.53 Å². The number of H-pyrrole nitrogens is 1. The Hall–Kier alpha value is -2.41. The number of nitrogens with zero attached hydrogens (tertiary/aromatic N) is 3. The van der Waals surface area contributed by atoms with Crippen molar-refractivity contribution in [3.63, 3.8) is 0 Å². The molecule has 116 valence electrons. The zero-order chi connectivity index (χ0) is 15.5. The van der Waals surface area contributed by atoms with Crippen LogP contribution in [0.1, 0.15) is 0 Å². The number of esters is 1. The minimum absolute atomic E-state index is 0.127. The second-order valence-corrected chi connectivity index (χ2v) is 5.25. The highest BCUT2D eigenvalue weighted by Gasteiger charge is 2.21. The average molecular weight is 302 g/mol. The number of hydrogen-bond acceptors (Lipinski definition) is 6. The molecule has 1 aliphatic heterocycles. The van der Waals surface area contributed by atoms with Gasteiger partial charge in [0.05, 0.1) is 24.6 Å². The maximum absolute atomic E-state index is 12.1. The first-order valence-electron chi connectivity index (χ1n) is 7.20.